The standard InChI is InChI=1S/C14H19FN2O2S/c1-3-10-17(4-2)20(18,19)14-8-7-13(15)11-12(14)6-5-9-16/h7-8,11H,3-4,9-10,16H2,1-2H3. The second-order valence-electron chi connectivity index (χ2n) is 4.14. The third-order valence-electron chi connectivity index (χ3n) is 2.71. The van der Waals surface area contributed by atoms with Crippen molar-refractivity contribution in [2.75, 3.05) is 19.6 Å². The zero-order valence-electron chi connectivity index (χ0n) is 11.7. The molecule has 0 aliphatic rings. The Balaban J connectivity index is 3.37. The molecule has 1 aromatic carbocycles. The minimum absolute atomic E-state index is 0.0233. The van der Waals surface area contributed by atoms with Crippen LogP contribution in [0.15, 0.2) is 23.1 Å². The third kappa shape index (κ3) is 3.79. The molecule has 0 saturated carbocycles. The number of nitrogens with zero attached hydrogens (tertiary/aromatic N) is 1. The minimum Gasteiger partial charge on any atom is -0.320 e. The fourth-order valence-electron chi connectivity index (χ4n) is 1.81. The van der Waals surface area contributed by atoms with Crippen molar-refractivity contribution >= 4 is 10.0 Å². The van der Waals surface area contributed by atoms with Crippen molar-refractivity contribution in [1.82, 2.24) is 4.31 Å². The monoisotopic (exact) mass is 298 g/mol. The first-order valence-electron chi connectivity index (χ1n) is 6.46. The van der Waals surface area contributed by atoms with Crippen molar-refractivity contribution in [3.63, 3.8) is 0 Å². The maximum atomic E-state index is 13.3. The van der Waals surface area contributed by atoms with Crippen LogP contribution >= 0.6 is 0 Å². The van der Waals surface area contributed by atoms with Gasteiger partial charge in [-0.2, -0.15) is 4.31 Å². The Morgan fingerprint density at radius 3 is 2.60 bits per heavy atom. The van der Waals surface area contributed by atoms with Gasteiger partial charge in [-0.1, -0.05) is 25.7 Å². The van der Waals surface area contributed by atoms with Gasteiger partial charge in [0.2, 0.25) is 10.0 Å². The number of benzene rings is 1. The summed E-state index contributed by atoms with van der Waals surface area (Å²) in [6.45, 7) is 4.53. The van der Waals surface area contributed by atoms with Crippen LogP contribution in [0.4, 0.5) is 4.39 Å². The molecule has 1 rings (SSSR count). The van der Waals surface area contributed by atoms with E-state index in [9.17, 15) is 12.8 Å². The highest BCUT2D eigenvalue weighted by Gasteiger charge is 2.25. The predicted molar refractivity (Wildman–Crippen MR) is 77.1 cm³/mol. The quantitative estimate of drug-likeness (QED) is 0.839. The van der Waals surface area contributed by atoms with Gasteiger partial charge >= 0.3 is 0 Å². The van der Waals surface area contributed by atoms with E-state index >= 15 is 0 Å². The van der Waals surface area contributed by atoms with E-state index in [2.05, 4.69) is 11.8 Å². The number of nitrogens with two attached hydrogens (primary N) is 1. The van der Waals surface area contributed by atoms with Gasteiger partial charge in [-0.25, -0.2) is 12.8 Å². The molecule has 0 aliphatic heterocycles. The van der Waals surface area contributed by atoms with Crippen molar-refractivity contribution in [3.8, 4) is 11.8 Å². The number of rotatable bonds is 5. The Kier molecular flexibility index (Phi) is 6.14. The largest absolute Gasteiger partial charge is 0.320 e. The molecule has 0 fully saturated rings. The van der Waals surface area contributed by atoms with Gasteiger partial charge in [0, 0.05) is 18.7 Å². The Morgan fingerprint density at radius 1 is 1.35 bits per heavy atom. The first kappa shape index (κ1) is 16.6. The third-order valence-corrected chi connectivity index (χ3v) is 4.74. The van der Waals surface area contributed by atoms with Gasteiger partial charge in [-0.3, -0.25) is 0 Å². The molecule has 0 amide bonds. The van der Waals surface area contributed by atoms with Gasteiger partial charge in [-0.15, -0.1) is 0 Å². The van der Waals surface area contributed by atoms with E-state index in [1.807, 2.05) is 6.92 Å². The maximum absolute atomic E-state index is 13.3. The maximum Gasteiger partial charge on any atom is 0.244 e. The molecule has 0 saturated heterocycles. The highest BCUT2D eigenvalue weighted by Crippen LogP contribution is 2.21. The van der Waals surface area contributed by atoms with Gasteiger partial charge < -0.3 is 5.73 Å². The van der Waals surface area contributed by atoms with E-state index in [1.54, 1.807) is 6.92 Å². The molecule has 4 nitrogen and oxygen atoms in total. The first-order valence-corrected chi connectivity index (χ1v) is 7.90. The Morgan fingerprint density at radius 2 is 2.05 bits per heavy atom. The van der Waals surface area contributed by atoms with Gasteiger partial charge in [0.25, 0.3) is 0 Å². The van der Waals surface area contributed by atoms with Crippen LogP contribution in [0.25, 0.3) is 0 Å². The first-order chi connectivity index (χ1) is 9.47. The second-order valence-corrected chi connectivity index (χ2v) is 6.05. The van der Waals surface area contributed by atoms with Crippen LogP contribution in [0, 0.1) is 17.7 Å². The van der Waals surface area contributed by atoms with Gasteiger partial charge in [-0.05, 0) is 24.6 Å². The Labute approximate surface area is 119 Å². The lowest BCUT2D eigenvalue weighted by molar-refractivity contribution is 0.427. The van der Waals surface area contributed by atoms with Gasteiger partial charge in [0.1, 0.15) is 5.82 Å². The summed E-state index contributed by atoms with van der Waals surface area (Å²) in [5, 5.41) is 0. The summed E-state index contributed by atoms with van der Waals surface area (Å²) in [4.78, 5) is 0.0233. The summed E-state index contributed by atoms with van der Waals surface area (Å²) >= 11 is 0. The van der Waals surface area contributed by atoms with Crippen LogP contribution in [0.3, 0.4) is 0 Å². The van der Waals surface area contributed by atoms with E-state index < -0.39 is 15.8 Å². The molecule has 20 heavy (non-hydrogen) atoms. The second kappa shape index (κ2) is 7.39. The highest BCUT2D eigenvalue weighted by molar-refractivity contribution is 7.89. The van der Waals surface area contributed by atoms with Crippen LogP contribution in [-0.4, -0.2) is 32.4 Å². The van der Waals surface area contributed by atoms with E-state index in [-0.39, 0.29) is 17.0 Å². The molecule has 6 heteroatoms. The number of halogens is 1. The molecule has 1 aromatic rings. The molecular weight excluding hydrogens is 279 g/mol. The van der Waals surface area contributed by atoms with Crippen LogP contribution in [0.1, 0.15) is 25.8 Å². The van der Waals surface area contributed by atoms with Crippen molar-refractivity contribution in [2.24, 2.45) is 5.73 Å². The van der Waals surface area contributed by atoms with Crippen molar-refractivity contribution in [1.29, 1.82) is 0 Å². The smallest absolute Gasteiger partial charge is 0.244 e. The molecule has 0 bridgehead atoms. The molecular formula is C14H19FN2O2S. The zero-order valence-corrected chi connectivity index (χ0v) is 12.5. The zero-order chi connectivity index (χ0) is 15.2. The fourth-order valence-corrected chi connectivity index (χ4v) is 3.48. The molecule has 0 radical (unpaired) electrons. The molecule has 0 unspecified atom stereocenters. The van der Waals surface area contributed by atoms with Crippen molar-refractivity contribution in [2.45, 2.75) is 25.2 Å². The molecule has 0 atom stereocenters. The predicted octanol–water partition coefficient (Wildman–Crippen LogP) is 1.56. The summed E-state index contributed by atoms with van der Waals surface area (Å²) in [7, 11) is -3.67. The highest BCUT2D eigenvalue weighted by atomic mass is 32.2. The summed E-state index contributed by atoms with van der Waals surface area (Å²) in [5.41, 5.74) is 5.42. The van der Waals surface area contributed by atoms with Crippen LogP contribution < -0.4 is 5.73 Å². The normalized spacial score (nSPS) is 11.2. The Bertz CT molecular complexity index is 618. The van der Waals surface area contributed by atoms with E-state index in [0.717, 1.165) is 12.1 Å². The number of hydrogen-bond donors (Lipinski definition) is 1. The van der Waals surface area contributed by atoms with Gasteiger partial charge in [0.05, 0.1) is 11.4 Å². The molecule has 2 N–H and O–H groups in total. The SMILES string of the molecule is CCCN(CC)S(=O)(=O)c1ccc(F)cc1C#CCN. The fraction of sp³-hybridized carbons (Fsp3) is 0.429. The van der Waals surface area contributed by atoms with E-state index in [4.69, 9.17) is 5.73 Å². The van der Waals surface area contributed by atoms with E-state index in [1.165, 1.54) is 10.4 Å². The average Bonchev–Trinajstić information content (AvgIpc) is 2.42. The average molecular weight is 298 g/mol. The summed E-state index contributed by atoms with van der Waals surface area (Å²) in [6, 6.07) is 3.50. The summed E-state index contributed by atoms with van der Waals surface area (Å²) in [5.74, 6) is 4.66. The molecule has 0 aromatic heterocycles. The molecule has 0 aliphatic carbocycles. The van der Waals surface area contributed by atoms with Crippen molar-refractivity contribution < 1.29 is 12.8 Å². The van der Waals surface area contributed by atoms with Gasteiger partial charge in [0.15, 0.2) is 0 Å². The Hall–Kier alpha value is -1.42. The number of sulfonamides is 1. The molecule has 0 heterocycles. The lowest BCUT2D eigenvalue weighted by atomic mass is 10.2. The molecule has 0 spiro atoms. The van der Waals surface area contributed by atoms with Crippen LogP contribution in [0.5, 0.6) is 0 Å². The van der Waals surface area contributed by atoms with E-state index in [0.29, 0.717) is 19.5 Å². The van der Waals surface area contributed by atoms with Crippen LogP contribution in [-0.2, 0) is 10.0 Å². The number of hydrogen-bond acceptors (Lipinski definition) is 3. The lowest BCUT2D eigenvalue weighted by Gasteiger charge is -2.20. The van der Waals surface area contributed by atoms with Crippen LogP contribution in [0.2, 0.25) is 0 Å². The molecule has 110 valence electrons. The summed E-state index contributed by atoms with van der Waals surface area (Å²) in [6.07, 6.45) is 0.706. The lowest BCUT2D eigenvalue weighted by Crippen LogP contribution is -2.32. The minimum atomic E-state index is -3.67. The van der Waals surface area contributed by atoms with Crippen molar-refractivity contribution in [3.05, 3.63) is 29.6 Å². The summed E-state index contributed by atoms with van der Waals surface area (Å²) < 4.78 is 39.7. The topological polar surface area (TPSA) is 63.4 Å².